The molecule has 6 amide bonds. The summed E-state index contributed by atoms with van der Waals surface area (Å²) in [6.07, 6.45) is 0.261. The van der Waals surface area contributed by atoms with Crippen LogP contribution in [0.15, 0.2) is 4.99 Å². The molecule has 0 aromatic rings. The minimum absolute atomic E-state index is 0.0875. The summed E-state index contributed by atoms with van der Waals surface area (Å²) in [5, 5.41) is 27.8. The summed E-state index contributed by atoms with van der Waals surface area (Å²) in [6.45, 7) is -1.66. The Morgan fingerprint density at radius 3 is 2.15 bits per heavy atom. The molecule has 41 heavy (non-hydrogen) atoms. The number of carbonyl (C=O) groups is 7. The van der Waals surface area contributed by atoms with E-state index >= 15 is 0 Å². The number of guanidine groups is 1. The second-order valence-corrected chi connectivity index (χ2v) is 9.04. The van der Waals surface area contributed by atoms with E-state index in [1.54, 1.807) is 0 Å². The van der Waals surface area contributed by atoms with Crippen molar-refractivity contribution in [1.82, 2.24) is 26.2 Å². The zero-order valence-corrected chi connectivity index (χ0v) is 22.3. The molecule has 1 aliphatic rings. The molecule has 19 heteroatoms. The number of carboxylic acids is 1. The van der Waals surface area contributed by atoms with Crippen LogP contribution in [0.3, 0.4) is 0 Å². The number of hydrogen-bond donors (Lipinski definition) is 10. The lowest BCUT2D eigenvalue weighted by molar-refractivity contribution is -0.143. The molecule has 0 spiro atoms. The molecule has 19 nitrogen and oxygen atoms in total. The second kappa shape index (κ2) is 17.2. The summed E-state index contributed by atoms with van der Waals surface area (Å²) in [4.78, 5) is 90.1. The topological polar surface area (TPSA) is 328 Å². The van der Waals surface area contributed by atoms with Gasteiger partial charge in [-0.2, -0.15) is 0 Å². The Morgan fingerprint density at radius 2 is 1.59 bits per heavy atom. The van der Waals surface area contributed by atoms with Gasteiger partial charge in [0.05, 0.1) is 26.1 Å². The van der Waals surface area contributed by atoms with Gasteiger partial charge in [-0.25, -0.2) is 0 Å². The molecule has 0 aliphatic carbocycles. The molecule has 0 unspecified atom stereocenters. The molecule has 14 N–H and O–H groups in total. The van der Waals surface area contributed by atoms with Crippen LogP contribution in [0.25, 0.3) is 0 Å². The zero-order chi connectivity index (χ0) is 31.1. The maximum absolute atomic E-state index is 12.8. The number of likely N-dealkylation sites (tertiary alicyclic amines) is 1. The number of hydrogen-bond acceptors (Lipinski definition) is 10. The van der Waals surface area contributed by atoms with Gasteiger partial charge in [0.25, 0.3) is 0 Å². The lowest BCUT2D eigenvalue weighted by Gasteiger charge is -2.28. The number of carbonyl (C=O) groups excluding carboxylic acids is 6. The number of amides is 6. The van der Waals surface area contributed by atoms with E-state index in [0.717, 1.165) is 4.90 Å². The summed E-state index contributed by atoms with van der Waals surface area (Å²) in [5.74, 6) is -6.68. The van der Waals surface area contributed by atoms with Gasteiger partial charge in [0.15, 0.2) is 5.96 Å². The lowest BCUT2D eigenvalue weighted by Crippen LogP contribution is -2.58. The molecule has 0 bridgehead atoms. The van der Waals surface area contributed by atoms with Crippen LogP contribution >= 0.6 is 0 Å². The number of aliphatic imine (C=N–C) groups is 1. The molecular formula is C22H38N10O9. The zero-order valence-electron chi connectivity index (χ0n) is 22.3. The Labute approximate surface area is 234 Å². The molecule has 0 saturated carbocycles. The van der Waals surface area contributed by atoms with Crippen LogP contribution in [-0.2, 0) is 33.6 Å². The van der Waals surface area contributed by atoms with Crippen molar-refractivity contribution in [1.29, 1.82) is 0 Å². The SMILES string of the molecule is NCC(=O)N[C@@H](CCCN=C(N)N)C(=O)NCC(=O)N[C@@H](CC(=O)O)C(=O)N[C@H](CO)C(=O)N1CCC[C@H]1C(N)=O. The first-order valence-electron chi connectivity index (χ1n) is 12.6. The number of nitrogens with two attached hydrogens (primary N) is 4. The number of carboxylic acid groups (broad SMARTS) is 1. The molecule has 230 valence electrons. The fraction of sp³-hybridized carbons (Fsp3) is 0.636. The normalized spacial score (nSPS) is 16.4. The Balaban J connectivity index is 2.82. The predicted molar refractivity (Wildman–Crippen MR) is 141 cm³/mol. The molecule has 1 heterocycles. The van der Waals surface area contributed by atoms with Crippen molar-refractivity contribution >= 4 is 47.4 Å². The lowest BCUT2D eigenvalue weighted by atomic mass is 10.1. The Hall–Kier alpha value is -4.52. The summed E-state index contributed by atoms with van der Waals surface area (Å²) in [7, 11) is 0. The van der Waals surface area contributed by atoms with E-state index in [4.69, 9.17) is 22.9 Å². The van der Waals surface area contributed by atoms with Crippen molar-refractivity contribution < 1.29 is 43.8 Å². The van der Waals surface area contributed by atoms with Crippen LogP contribution in [-0.4, -0.2) is 119 Å². The average Bonchev–Trinajstić information content (AvgIpc) is 3.41. The molecule has 1 aliphatic heterocycles. The van der Waals surface area contributed by atoms with Crippen LogP contribution in [0, 0.1) is 0 Å². The van der Waals surface area contributed by atoms with E-state index in [9.17, 15) is 43.8 Å². The third-order valence-electron chi connectivity index (χ3n) is 5.90. The number of aliphatic hydroxyl groups excluding tert-OH is 1. The van der Waals surface area contributed by atoms with Gasteiger partial charge in [-0.05, 0) is 25.7 Å². The molecule has 1 rings (SSSR count). The number of nitrogens with zero attached hydrogens (tertiary/aromatic N) is 2. The maximum Gasteiger partial charge on any atom is 0.305 e. The van der Waals surface area contributed by atoms with Gasteiger partial charge in [0.1, 0.15) is 24.2 Å². The second-order valence-electron chi connectivity index (χ2n) is 9.04. The summed E-state index contributed by atoms with van der Waals surface area (Å²) >= 11 is 0. The van der Waals surface area contributed by atoms with Crippen molar-refractivity contribution in [2.24, 2.45) is 27.9 Å². The highest BCUT2D eigenvalue weighted by molar-refractivity contribution is 5.96. The van der Waals surface area contributed by atoms with Crippen LogP contribution in [0.5, 0.6) is 0 Å². The minimum Gasteiger partial charge on any atom is -0.481 e. The summed E-state index contributed by atoms with van der Waals surface area (Å²) in [5.41, 5.74) is 21.1. The minimum atomic E-state index is -1.70. The fourth-order valence-corrected chi connectivity index (χ4v) is 3.93. The first-order valence-corrected chi connectivity index (χ1v) is 12.6. The quantitative estimate of drug-likeness (QED) is 0.0432. The van der Waals surface area contributed by atoms with E-state index in [1.165, 1.54) is 0 Å². The van der Waals surface area contributed by atoms with E-state index < -0.39 is 91.7 Å². The maximum atomic E-state index is 12.8. The first-order chi connectivity index (χ1) is 19.3. The van der Waals surface area contributed by atoms with Crippen molar-refractivity contribution in [2.75, 3.05) is 32.8 Å². The number of aliphatic hydroxyl groups is 1. The van der Waals surface area contributed by atoms with Crippen LogP contribution in [0.2, 0.25) is 0 Å². The molecule has 1 fully saturated rings. The predicted octanol–water partition coefficient (Wildman–Crippen LogP) is -6.49. The fourth-order valence-electron chi connectivity index (χ4n) is 3.93. The van der Waals surface area contributed by atoms with Crippen molar-refractivity contribution in [3.05, 3.63) is 0 Å². The van der Waals surface area contributed by atoms with Crippen molar-refractivity contribution in [2.45, 2.75) is 56.3 Å². The molecule has 0 aromatic carbocycles. The Kier molecular flexibility index (Phi) is 14.5. The van der Waals surface area contributed by atoms with Crippen molar-refractivity contribution in [3.63, 3.8) is 0 Å². The monoisotopic (exact) mass is 586 g/mol. The standard InChI is InChI=1S/C22H38N10O9/c23-8-15(34)29-11(3-1-5-27-22(25)26)19(39)28-9-16(35)30-12(7-17(36)37)20(40)31-13(10-33)21(41)32-6-2-4-14(32)18(24)38/h11-14,33H,1-10,23H2,(H2,24,38)(H,28,39)(H,29,34)(H,30,35)(H,31,40)(H,36,37)(H4,25,26,27)/t11-,12-,13+,14-/m0/s1. The summed E-state index contributed by atoms with van der Waals surface area (Å²) < 4.78 is 0. The van der Waals surface area contributed by atoms with Crippen LogP contribution < -0.4 is 44.2 Å². The Morgan fingerprint density at radius 1 is 0.927 bits per heavy atom. The number of rotatable bonds is 17. The van der Waals surface area contributed by atoms with E-state index in [1.807, 2.05) is 0 Å². The van der Waals surface area contributed by atoms with E-state index in [0.29, 0.717) is 12.8 Å². The number of aliphatic carboxylic acids is 1. The van der Waals surface area contributed by atoms with Crippen LogP contribution in [0.1, 0.15) is 32.1 Å². The molecule has 0 aromatic heterocycles. The third-order valence-corrected chi connectivity index (χ3v) is 5.90. The van der Waals surface area contributed by atoms with Gasteiger partial charge >= 0.3 is 5.97 Å². The highest BCUT2D eigenvalue weighted by Crippen LogP contribution is 2.18. The molecule has 1 saturated heterocycles. The largest absolute Gasteiger partial charge is 0.481 e. The molecule has 4 atom stereocenters. The van der Waals surface area contributed by atoms with Gasteiger partial charge in [-0.3, -0.25) is 38.6 Å². The van der Waals surface area contributed by atoms with Gasteiger partial charge in [-0.15, -0.1) is 0 Å². The van der Waals surface area contributed by atoms with Crippen molar-refractivity contribution in [3.8, 4) is 0 Å². The van der Waals surface area contributed by atoms with Gasteiger partial charge in [0.2, 0.25) is 35.4 Å². The first kappa shape index (κ1) is 34.5. The average molecular weight is 587 g/mol. The van der Waals surface area contributed by atoms with Gasteiger partial charge in [0, 0.05) is 13.1 Å². The van der Waals surface area contributed by atoms with E-state index in [2.05, 4.69) is 26.3 Å². The smallest absolute Gasteiger partial charge is 0.305 e. The Bertz CT molecular complexity index is 1020. The number of primary amides is 1. The summed E-state index contributed by atoms with van der Waals surface area (Å²) in [6, 6.07) is -5.26. The van der Waals surface area contributed by atoms with Crippen LogP contribution in [0.4, 0.5) is 0 Å². The molecule has 0 radical (unpaired) electrons. The van der Waals surface area contributed by atoms with Gasteiger partial charge < -0.3 is 59.3 Å². The highest BCUT2D eigenvalue weighted by atomic mass is 16.4. The number of nitrogens with one attached hydrogen (secondary N) is 4. The van der Waals surface area contributed by atoms with Gasteiger partial charge in [-0.1, -0.05) is 0 Å². The van der Waals surface area contributed by atoms with E-state index in [-0.39, 0.29) is 31.9 Å². The molecular weight excluding hydrogens is 548 g/mol. The third kappa shape index (κ3) is 12.0. The highest BCUT2D eigenvalue weighted by Gasteiger charge is 2.37.